The molecule has 0 saturated heterocycles. The van der Waals surface area contributed by atoms with Gasteiger partial charge in [-0.1, -0.05) is 43.0 Å². The molecule has 11 nitrogen and oxygen atoms in total. The molecule has 0 bridgehead atoms. The van der Waals surface area contributed by atoms with Crippen LogP contribution >= 0.6 is 0 Å². The highest BCUT2D eigenvalue weighted by atomic mass is 32.2. The summed E-state index contributed by atoms with van der Waals surface area (Å²) in [6.45, 7) is 5.48. The summed E-state index contributed by atoms with van der Waals surface area (Å²) < 4.78 is 38.9. The van der Waals surface area contributed by atoms with Crippen LogP contribution in [0.15, 0.2) is 95.4 Å². The number of hydrogen-bond donors (Lipinski definition) is 1. The Kier molecular flexibility index (Phi) is 9.54. The van der Waals surface area contributed by atoms with Gasteiger partial charge in [0.05, 0.1) is 23.4 Å². The van der Waals surface area contributed by atoms with Gasteiger partial charge in [0.15, 0.2) is 16.4 Å². The third-order valence-electron chi connectivity index (χ3n) is 4.99. The highest BCUT2D eigenvalue weighted by molar-refractivity contribution is 7.93. The number of ether oxygens (including phenoxy) is 2. The second-order valence-corrected chi connectivity index (χ2v) is 9.43. The molecule has 0 radical (unpaired) electrons. The maximum Gasteiger partial charge on any atom is 0.289 e. The molecule has 38 heavy (non-hydrogen) atoms. The van der Waals surface area contributed by atoms with E-state index >= 15 is 0 Å². The Labute approximate surface area is 220 Å². The Bertz CT molecular complexity index is 1430. The molecule has 198 valence electrons. The molecule has 0 heterocycles. The van der Waals surface area contributed by atoms with Crippen molar-refractivity contribution >= 4 is 33.5 Å². The maximum absolute atomic E-state index is 13.5. The molecule has 0 aromatic heterocycles. The van der Waals surface area contributed by atoms with Crippen LogP contribution in [0.25, 0.3) is 0 Å². The van der Waals surface area contributed by atoms with E-state index in [4.69, 9.17) is 9.47 Å². The van der Waals surface area contributed by atoms with E-state index < -0.39 is 38.0 Å². The Morgan fingerprint density at radius 2 is 1.79 bits per heavy atom. The Balaban J connectivity index is 1.82. The van der Waals surface area contributed by atoms with E-state index in [0.717, 1.165) is 16.4 Å². The number of amides is 1. The number of benzene rings is 3. The van der Waals surface area contributed by atoms with Crippen molar-refractivity contribution in [3.05, 3.63) is 101 Å². The molecular weight excluding hydrogens is 512 g/mol. The zero-order chi connectivity index (χ0) is 27.5. The van der Waals surface area contributed by atoms with E-state index in [1.165, 1.54) is 30.5 Å². The van der Waals surface area contributed by atoms with Crippen molar-refractivity contribution in [2.24, 2.45) is 5.10 Å². The quantitative estimate of drug-likeness (QED) is 0.151. The smallest absolute Gasteiger partial charge is 0.289 e. The lowest BCUT2D eigenvalue weighted by Crippen LogP contribution is -2.39. The van der Waals surface area contributed by atoms with Crippen LogP contribution in [0.4, 0.5) is 11.4 Å². The van der Waals surface area contributed by atoms with Crippen molar-refractivity contribution in [1.29, 1.82) is 0 Å². The number of nitro groups is 1. The standard InChI is InChI=1S/C26H26N4O7S/c1-3-16-37-23-15-14-20(17-24(23)36-4-2)18-27-28-26(31)19-29(21-10-6-5-7-11-21)38(34,35)25-13-9-8-12-22(25)30(32)33/h3,5-15,17-18H,1,4,16,19H2,2H3,(H,28,31)/b27-18-. The number of carbonyl (C=O) groups excluding carboxylic acids is 1. The van der Waals surface area contributed by atoms with Crippen LogP contribution < -0.4 is 19.2 Å². The molecule has 1 N–H and O–H groups in total. The minimum Gasteiger partial charge on any atom is -0.490 e. The SMILES string of the molecule is C=CCOc1ccc(/C=N\NC(=O)CN(c2ccccc2)S(=O)(=O)c2ccccc2[N+](=O)[O-])cc1OCC. The molecule has 0 aliphatic heterocycles. The van der Waals surface area contributed by atoms with Gasteiger partial charge in [-0.25, -0.2) is 13.8 Å². The fourth-order valence-electron chi connectivity index (χ4n) is 3.34. The van der Waals surface area contributed by atoms with Gasteiger partial charge in [0.25, 0.3) is 21.6 Å². The normalized spacial score (nSPS) is 11.1. The predicted octanol–water partition coefficient (Wildman–Crippen LogP) is 3.90. The number of para-hydroxylation sites is 2. The summed E-state index contributed by atoms with van der Waals surface area (Å²) in [7, 11) is -4.48. The second kappa shape index (κ2) is 13.0. The van der Waals surface area contributed by atoms with Crippen LogP contribution in [0.5, 0.6) is 11.5 Å². The lowest BCUT2D eigenvalue weighted by atomic mass is 10.2. The number of nitrogens with zero attached hydrogens (tertiary/aromatic N) is 3. The first kappa shape index (κ1) is 27.9. The van der Waals surface area contributed by atoms with E-state index in [1.54, 1.807) is 42.5 Å². The molecule has 0 spiro atoms. The van der Waals surface area contributed by atoms with Crippen molar-refractivity contribution in [2.45, 2.75) is 11.8 Å². The first-order chi connectivity index (χ1) is 18.3. The zero-order valence-corrected chi connectivity index (χ0v) is 21.3. The summed E-state index contributed by atoms with van der Waals surface area (Å²) in [6.07, 6.45) is 2.97. The molecule has 3 rings (SSSR count). The third-order valence-corrected chi connectivity index (χ3v) is 6.81. The number of anilines is 1. The minimum absolute atomic E-state index is 0.154. The number of rotatable bonds is 13. The molecule has 0 saturated carbocycles. The minimum atomic E-state index is -4.48. The summed E-state index contributed by atoms with van der Waals surface area (Å²) in [5, 5.41) is 15.4. The molecule has 0 atom stereocenters. The van der Waals surface area contributed by atoms with Gasteiger partial charge in [0, 0.05) is 6.07 Å². The molecule has 3 aromatic rings. The van der Waals surface area contributed by atoms with Gasteiger partial charge in [-0.2, -0.15) is 5.10 Å². The molecule has 0 aliphatic rings. The van der Waals surface area contributed by atoms with E-state index in [-0.39, 0.29) is 5.69 Å². The number of hydrazone groups is 1. The van der Waals surface area contributed by atoms with Gasteiger partial charge in [-0.05, 0) is 48.9 Å². The van der Waals surface area contributed by atoms with Crippen molar-refractivity contribution in [2.75, 3.05) is 24.1 Å². The summed E-state index contributed by atoms with van der Waals surface area (Å²) >= 11 is 0. The van der Waals surface area contributed by atoms with Gasteiger partial charge < -0.3 is 9.47 Å². The maximum atomic E-state index is 13.5. The number of carbonyl (C=O) groups is 1. The molecule has 1 amide bonds. The summed E-state index contributed by atoms with van der Waals surface area (Å²) in [5.41, 5.74) is 2.44. The second-order valence-electron chi connectivity index (χ2n) is 7.60. The summed E-state index contributed by atoms with van der Waals surface area (Å²) in [4.78, 5) is 22.9. The fourth-order valence-corrected chi connectivity index (χ4v) is 4.92. The fraction of sp³-hybridized carbons (Fsp3) is 0.154. The van der Waals surface area contributed by atoms with E-state index in [2.05, 4.69) is 17.1 Å². The highest BCUT2D eigenvalue weighted by Crippen LogP contribution is 2.30. The largest absolute Gasteiger partial charge is 0.490 e. The van der Waals surface area contributed by atoms with E-state index in [0.29, 0.717) is 30.3 Å². The first-order valence-corrected chi connectivity index (χ1v) is 12.9. The Morgan fingerprint density at radius 3 is 2.47 bits per heavy atom. The Hall–Kier alpha value is -4.71. The monoisotopic (exact) mass is 538 g/mol. The summed E-state index contributed by atoms with van der Waals surface area (Å²) in [5.74, 6) is 0.241. The van der Waals surface area contributed by atoms with Crippen LogP contribution in [0.3, 0.4) is 0 Å². The lowest BCUT2D eigenvalue weighted by molar-refractivity contribution is -0.387. The van der Waals surface area contributed by atoms with Crippen molar-refractivity contribution in [3.8, 4) is 11.5 Å². The number of hydrogen-bond acceptors (Lipinski definition) is 8. The molecular formula is C26H26N4O7S. The molecule has 0 aliphatic carbocycles. The van der Waals surface area contributed by atoms with Crippen LogP contribution in [-0.2, 0) is 14.8 Å². The average Bonchev–Trinajstić information content (AvgIpc) is 2.92. The molecule has 0 unspecified atom stereocenters. The van der Waals surface area contributed by atoms with Gasteiger partial charge >= 0.3 is 0 Å². The summed E-state index contributed by atoms with van der Waals surface area (Å²) in [6, 6.07) is 17.8. The number of nitrogens with one attached hydrogen (secondary N) is 1. The molecule has 0 fully saturated rings. The van der Waals surface area contributed by atoms with Crippen molar-refractivity contribution < 1.29 is 27.6 Å². The van der Waals surface area contributed by atoms with Gasteiger partial charge in [-0.3, -0.25) is 19.2 Å². The van der Waals surface area contributed by atoms with Crippen LogP contribution in [0.2, 0.25) is 0 Å². The van der Waals surface area contributed by atoms with Gasteiger partial charge in [-0.15, -0.1) is 0 Å². The molecule has 3 aromatic carbocycles. The van der Waals surface area contributed by atoms with Gasteiger partial charge in [0.2, 0.25) is 0 Å². The molecule has 12 heteroatoms. The predicted molar refractivity (Wildman–Crippen MR) is 143 cm³/mol. The van der Waals surface area contributed by atoms with Crippen molar-refractivity contribution in [1.82, 2.24) is 5.43 Å². The third kappa shape index (κ3) is 6.95. The van der Waals surface area contributed by atoms with E-state index in [1.807, 2.05) is 6.92 Å². The van der Waals surface area contributed by atoms with Crippen molar-refractivity contribution in [3.63, 3.8) is 0 Å². The lowest BCUT2D eigenvalue weighted by Gasteiger charge is -2.23. The van der Waals surface area contributed by atoms with E-state index in [9.17, 15) is 23.3 Å². The average molecular weight is 539 g/mol. The highest BCUT2D eigenvalue weighted by Gasteiger charge is 2.33. The first-order valence-electron chi connectivity index (χ1n) is 11.4. The number of sulfonamides is 1. The van der Waals surface area contributed by atoms with Gasteiger partial charge in [0.1, 0.15) is 13.2 Å². The topological polar surface area (TPSA) is 140 Å². The van der Waals surface area contributed by atoms with Crippen LogP contribution in [0, 0.1) is 10.1 Å². The Morgan fingerprint density at radius 1 is 1.08 bits per heavy atom. The van der Waals surface area contributed by atoms with Crippen LogP contribution in [0.1, 0.15) is 12.5 Å². The van der Waals surface area contributed by atoms with Crippen LogP contribution in [-0.4, -0.2) is 45.2 Å². The number of nitro benzene ring substituents is 1. The zero-order valence-electron chi connectivity index (χ0n) is 20.5.